The predicted octanol–water partition coefficient (Wildman–Crippen LogP) is 3.54. The third kappa shape index (κ3) is 4.27. The summed E-state index contributed by atoms with van der Waals surface area (Å²) < 4.78 is 13.2. The maximum Gasteiger partial charge on any atom is 0.223 e. The molecule has 0 spiro atoms. The van der Waals surface area contributed by atoms with Crippen LogP contribution in [0.4, 0.5) is 0 Å². The largest absolute Gasteiger partial charge is 0.497 e. The summed E-state index contributed by atoms with van der Waals surface area (Å²) in [5, 5.41) is 3.02. The van der Waals surface area contributed by atoms with Gasteiger partial charge in [0, 0.05) is 12.5 Å². The molecule has 146 valence electrons. The van der Waals surface area contributed by atoms with Crippen LogP contribution < -0.4 is 14.8 Å². The fourth-order valence-corrected chi connectivity index (χ4v) is 3.25. The van der Waals surface area contributed by atoms with Crippen molar-refractivity contribution in [3.8, 4) is 11.5 Å². The van der Waals surface area contributed by atoms with Crippen molar-refractivity contribution < 1.29 is 14.3 Å². The van der Waals surface area contributed by atoms with Crippen molar-refractivity contribution >= 4 is 16.9 Å². The molecule has 2 aromatic carbocycles. The van der Waals surface area contributed by atoms with Crippen molar-refractivity contribution in [2.24, 2.45) is 5.92 Å². The van der Waals surface area contributed by atoms with E-state index in [9.17, 15) is 4.79 Å². The number of methoxy groups -OCH3 is 1. The minimum absolute atomic E-state index is 0.140. The molecule has 1 aliphatic carbocycles. The molecule has 1 aromatic heterocycles. The number of nitrogens with zero attached hydrogens (tertiary/aromatic N) is 2. The van der Waals surface area contributed by atoms with Gasteiger partial charge < -0.3 is 19.4 Å². The summed E-state index contributed by atoms with van der Waals surface area (Å²) in [5.74, 6) is 2.88. The van der Waals surface area contributed by atoms with Gasteiger partial charge in [0.2, 0.25) is 5.91 Å². The van der Waals surface area contributed by atoms with Gasteiger partial charge in [0.05, 0.1) is 31.3 Å². The van der Waals surface area contributed by atoms with Crippen LogP contribution in [0.25, 0.3) is 11.0 Å². The first kappa shape index (κ1) is 18.3. The molecule has 1 aliphatic rings. The van der Waals surface area contributed by atoms with Gasteiger partial charge in [-0.3, -0.25) is 4.79 Å². The number of hydrogen-bond acceptors (Lipinski definition) is 4. The molecule has 0 atom stereocenters. The number of fused-ring (bicyclic) bond motifs is 1. The molecule has 1 saturated carbocycles. The summed E-state index contributed by atoms with van der Waals surface area (Å²) in [6.07, 6.45) is 2.85. The molecule has 0 saturated heterocycles. The molecule has 1 N–H and O–H groups in total. The number of imidazole rings is 1. The van der Waals surface area contributed by atoms with Gasteiger partial charge >= 0.3 is 0 Å². The number of nitrogens with one attached hydrogen (secondary N) is 1. The number of para-hydroxylation sites is 2. The zero-order chi connectivity index (χ0) is 19.3. The van der Waals surface area contributed by atoms with Crippen LogP contribution in [0.2, 0.25) is 0 Å². The highest BCUT2D eigenvalue weighted by molar-refractivity contribution is 5.81. The highest BCUT2D eigenvalue weighted by Crippen LogP contribution is 2.29. The van der Waals surface area contributed by atoms with Crippen LogP contribution in [0.15, 0.2) is 48.5 Å². The van der Waals surface area contributed by atoms with Crippen LogP contribution in [0.3, 0.4) is 0 Å². The van der Waals surface area contributed by atoms with Crippen LogP contribution in [-0.2, 0) is 17.9 Å². The van der Waals surface area contributed by atoms with Crippen LogP contribution >= 0.6 is 0 Å². The summed E-state index contributed by atoms with van der Waals surface area (Å²) in [6.45, 7) is 1.85. The molecule has 3 aromatic rings. The number of aromatic nitrogens is 2. The quantitative estimate of drug-likeness (QED) is 0.578. The van der Waals surface area contributed by atoms with Crippen LogP contribution in [-0.4, -0.2) is 29.2 Å². The Morgan fingerprint density at radius 3 is 2.64 bits per heavy atom. The monoisotopic (exact) mass is 379 g/mol. The molecule has 4 rings (SSSR count). The molecule has 1 amide bonds. The molecule has 6 heteroatoms. The molecule has 0 aliphatic heterocycles. The third-order valence-corrected chi connectivity index (χ3v) is 4.96. The SMILES string of the molecule is COc1ccc(OCCCn2c(CNC(=O)C3CC3)nc3ccccc32)cc1. The Balaban J connectivity index is 1.38. The van der Waals surface area contributed by atoms with Gasteiger partial charge in [-0.2, -0.15) is 0 Å². The summed E-state index contributed by atoms with van der Waals surface area (Å²) >= 11 is 0. The van der Waals surface area contributed by atoms with E-state index in [0.717, 1.165) is 54.2 Å². The van der Waals surface area contributed by atoms with Crippen molar-refractivity contribution in [3.05, 3.63) is 54.4 Å². The minimum atomic E-state index is 0.140. The number of hydrogen-bond donors (Lipinski definition) is 1. The fraction of sp³-hybridized carbons (Fsp3) is 0.364. The third-order valence-electron chi connectivity index (χ3n) is 4.96. The predicted molar refractivity (Wildman–Crippen MR) is 107 cm³/mol. The van der Waals surface area contributed by atoms with Gasteiger partial charge in [0.15, 0.2) is 0 Å². The van der Waals surface area contributed by atoms with E-state index >= 15 is 0 Å². The Hall–Kier alpha value is -3.02. The normalized spacial score (nSPS) is 13.5. The lowest BCUT2D eigenvalue weighted by Gasteiger charge is -2.11. The van der Waals surface area contributed by atoms with E-state index in [1.165, 1.54) is 0 Å². The number of carbonyl (C=O) groups excluding carboxylic acids is 1. The number of amides is 1. The molecule has 0 radical (unpaired) electrons. The Bertz CT molecular complexity index is 945. The Kier molecular flexibility index (Phi) is 5.46. The van der Waals surface area contributed by atoms with E-state index in [1.54, 1.807) is 7.11 Å². The summed E-state index contributed by atoms with van der Waals surface area (Å²) in [4.78, 5) is 16.7. The van der Waals surface area contributed by atoms with Gasteiger partial charge in [-0.1, -0.05) is 12.1 Å². The van der Waals surface area contributed by atoms with Gasteiger partial charge in [0.1, 0.15) is 17.3 Å². The highest BCUT2D eigenvalue weighted by atomic mass is 16.5. The average Bonchev–Trinajstić information content (AvgIpc) is 3.52. The first-order chi connectivity index (χ1) is 13.7. The van der Waals surface area contributed by atoms with Gasteiger partial charge in [-0.25, -0.2) is 4.98 Å². The van der Waals surface area contributed by atoms with E-state index in [0.29, 0.717) is 13.2 Å². The zero-order valence-electron chi connectivity index (χ0n) is 16.1. The van der Waals surface area contributed by atoms with Crippen LogP contribution in [0.5, 0.6) is 11.5 Å². The van der Waals surface area contributed by atoms with E-state index in [2.05, 4.69) is 16.0 Å². The van der Waals surface area contributed by atoms with Crippen LogP contribution in [0.1, 0.15) is 25.1 Å². The average molecular weight is 379 g/mol. The molecule has 1 heterocycles. The van der Waals surface area contributed by atoms with Gasteiger partial charge in [-0.05, 0) is 55.7 Å². The van der Waals surface area contributed by atoms with Gasteiger partial charge in [0.25, 0.3) is 0 Å². The smallest absolute Gasteiger partial charge is 0.223 e. The van der Waals surface area contributed by atoms with Crippen LogP contribution in [0, 0.1) is 5.92 Å². The van der Waals surface area contributed by atoms with Crippen molar-refractivity contribution in [2.45, 2.75) is 32.4 Å². The number of carbonyl (C=O) groups is 1. The second-order valence-corrected chi connectivity index (χ2v) is 7.04. The maximum absolute atomic E-state index is 12.0. The Labute approximate surface area is 164 Å². The van der Waals surface area contributed by atoms with Crippen molar-refractivity contribution in [1.82, 2.24) is 14.9 Å². The van der Waals surface area contributed by atoms with Crippen molar-refractivity contribution in [3.63, 3.8) is 0 Å². The minimum Gasteiger partial charge on any atom is -0.497 e. The zero-order valence-corrected chi connectivity index (χ0v) is 16.1. The first-order valence-corrected chi connectivity index (χ1v) is 9.73. The van der Waals surface area contributed by atoms with Crippen molar-refractivity contribution in [2.75, 3.05) is 13.7 Å². The molecule has 28 heavy (non-hydrogen) atoms. The number of ether oxygens (including phenoxy) is 2. The van der Waals surface area contributed by atoms with E-state index in [-0.39, 0.29) is 11.8 Å². The highest BCUT2D eigenvalue weighted by Gasteiger charge is 2.29. The van der Waals surface area contributed by atoms with Crippen molar-refractivity contribution in [1.29, 1.82) is 0 Å². The second kappa shape index (κ2) is 8.33. The molecular weight excluding hydrogens is 354 g/mol. The summed E-state index contributed by atoms with van der Waals surface area (Å²) in [7, 11) is 1.65. The number of benzene rings is 2. The molecule has 0 bridgehead atoms. The van der Waals surface area contributed by atoms with E-state index in [4.69, 9.17) is 14.5 Å². The maximum atomic E-state index is 12.0. The first-order valence-electron chi connectivity index (χ1n) is 9.73. The Morgan fingerprint density at radius 2 is 1.89 bits per heavy atom. The standard InChI is InChI=1S/C22H25N3O3/c1-27-17-9-11-18(12-10-17)28-14-4-13-25-20-6-3-2-5-19(20)24-21(25)15-23-22(26)16-7-8-16/h2-3,5-6,9-12,16H,4,7-8,13-15H2,1H3,(H,23,26). The Morgan fingerprint density at radius 1 is 1.14 bits per heavy atom. The number of aryl methyl sites for hydroxylation is 1. The van der Waals surface area contributed by atoms with Gasteiger partial charge in [-0.15, -0.1) is 0 Å². The topological polar surface area (TPSA) is 65.4 Å². The molecule has 6 nitrogen and oxygen atoms in total. The van der Waals surface area contributed by atoms with E-state index < -0.39 is 0 Å². The molecule has 0 unspecified atom stereocenters. The molecular formula is C22H25N3O3. The lowest BCUT2D eigenvalue weighted by atomic mass is 10.3. The fourth-order valence-electron chi connectivity index (χ4n) is 3.25. The second-order valence-electron chi connectivity index (χ2n) is 7.04. The lowest BCUT2D eigenvalue weighted by Crippen LogP contribution is -2.26. The molecule has 1 fully saturated rings. The lowest BCUT2D eigenvalue weighted by molar-refractivity contribution is -0.122. The summed E-state index contributed by atoms with van der Waals surface area (Å²) in [6, 6.07) is 15.7. The number of rotatable bonds is 9. The van der Waals surface area contributed by atoms with E-state index in [1.807, 2.05) is 42.5 Å². The summed E-state index contributed by atoms with van der Waals surface area (Å²) in [5.41, 5.74) is 2.04.